The van der Waals surface area contributed by atoms with Crippen molar-refractivity contribution in [2.24, 2.45) is 0 Å². The summed E-state index contributed by atoms with van der Waals surface area (Å²) in [6.45, 7) is 8.77. The number of amides is 1. The number of aromatic hydroxyl groups is 2. The lowest BCUT2D eigenvalue weighted by atomic mass is 9.99. The van der Waals surface area contributed by atoms with Gasteiger partial charge in [-0.3, -0.25) is 9.36 Å². The number of benzene rings is 1. The smallest absolute Gasteiger partial charge is 0.358 e. The third-order valence-electron chi connectivity index (χ3n) is 6.58. The summed E-state index contributed by atoms with van der Waals surface area (Å²) in [5.41, 5.74) is 0.265. The van der Waals surface area contributed by atoms with Crippen molar-refractivity contribution in [1.82, 2.24) is 10.0 Å². The molecule has 0 aliphatic heterocycles. The number of ether oxygens (including phenoxy) is 3. The molecule has 2 rings (SSSR count). The number of carbonyl (C=O) groups excluding carboxylic acids is 2. The number of nitrogens with zero attached hydrogens (tertiary/aromatic N) is 1. The van der Waals surface area contributed by atoms with E-state index >= 15 is 0 Å². The van der Waals surface area contributed by atoms with Gasteiger partial charge < -0.3 is 44.4 Å². The van der Waals surface area contributed by atoms with Crippen molar-refractivity contribution in [3.05, 3.63) is 47.5 Å². The molecule has 13 nitrogen and oxygen atoms in total. The maximum absolute atomic E-state index is 12.2. The molecule has 5 N–H and O–H groups in total. The van der Waals surface area contributed by atoms with Gasteiger partial charge in [0.2, 0.25) is 17.7 Å². The second-order valence-electron chi connectivity index (χ2n) is 10.8. The number of nitrogens with one attached hydrogen (secondary N) is 1. The van der Waals surface area contributed by atoms with Crippen LogP contribution in [0.15, 0.2) is 36.4 Å². The van der Waals surface area contributed by atoms with Crippen LogP contribution in [0.5, 0.6) is 11.8 Å². The van der Waals surface area contributed by atoms with E-state index in [2.05, 4.69) is 5.32 Å². The fraction of sp³-hybridized carbons (Fsp3) is 0.571. The Morgan fingerprint density at radius 1 is 0.905 bits per heavy atom. The predicted molar refractivity (Wildman–Crippen MR) is 153 cm³/mol. The van der Waals surface area contributed by atoms with Crippen LogP contribution >= 0.6 is 7.60 Å². The zero-order chi connectivity index (χ0) is 31.4. The first-order valence-corrected chi connectivity index (χ1v) is 15.5. The van der Waals surface area contributed by atoms with Crippen LogP contribution in [-0.4, -0.2) is 80.8 Å². The van der Waals surface area contributed by atoms with E-state index in [4.69, 9.17) is 28.8 Å². The van der Waals surface area contributed by atoms with Crippen LogP contribution in [0.2, 0.25) is 0 Å². The second kappa shape index (κ2) is 16.1. The third kappa shape index (κ3) is 13.4. The predicted octanol–water partition coefficient (Wildman–Crippen LogP) is 2.67. The van der Waals surface area contributed by atoms with Crippen molar-refractivity contribution < 1.29 is 53.2 Å². The highest BCUT2D eigenvalue weighted by Crippen LogP contribution is 2.38. The maximum Gasteiger partial charge on any atom is 0.358 e. The topological polar surface area (TPSA) is 186 Å². The number of hydrogen-bond acceptors (Lipinski definition) is 9. The molecule has 0 fully saturated rings. The minimum Gasteiger partial charge on any atom is -0.492 e. The first-order chi connectivity index (χ1) is 19.6. The first kappa shape index (κ1) is 35.3. The third-order valence-corrected chi connectivity index (χ3v) is 7.36. The summed E-state index contributed by atoms with van der Waals surface area (Å²) in [7, 11) is -4.13. The molecular weight excluding hydrogens is 571 g/mol. The number of carbonyl (C=O) groups is 2. The van der Waals surface area contributed by atoms with E-state index in [0.717, 1.165) is 5.56 Å². The molecule has 0 radical (unpaired) electrons. The van der Waals surface area contributed by atoms with Crippen LogP contribution in [0.1, 0.15) is 58.1 Å². The van der Waals surface area contributed by atoms with Crippen molar-refractivity contribution in [1.29, 1.82) is 0 Å². The average molecular weight is 615 g/mol. The summed E-state index contributed by atoms with van der Waals surface area (Å²) in [4.78, 5) is 47.1. The minimum atomic E-state index is -4.13. The molecule has 0 spiro atoms. The van der Waals surface area contributed by atoms with E-state index < -0.39 is 36.5 Å². The van der Waals surface area contributed by atoms with Crippen molar-refractivity contribution in [2.45, 2.75) is 70.7 Å². The van der Waals surface area contributed by atoms with Crippen LogP contribution in [0.4, 0.5) is 0 Å². The standard InChI is InChI=1S/C28H43N2O11P/c1-5-28(4,13-15-38-19-26(34)41-30-24(32)10-11-25(30)33)40-16-12-27(2,3)39-17-14-29-23(31)18-21-6-8-22(9-7-21)20-42(35,36)37/h6-11,32-33H,5,12-20H2,1-4H3,(H,29,31)(H2,35,36,37). The molecule has 0 bridgehead atoms. The zero-order valence-corrected chi connectivity index (χ0v) is 25.5. The van der Waals surface area contributed by atoms with Gasteiger partial charge in [0, 0.05) is 18.7 Å². The summed E-state index contributed by atoms with van der Waals surface area (Å²) in [5.74, 6) is -1.78. The molecular formula is C28H43N2O11P. The average Bonchev–Trinajstić information content (AvgIpc) is 3.21. The molecule has 1 aromatic carbocycles. The van der Waals surface area contributed by atoms with Gasteiger partial charge in [0.05, 0.1) is 43.6 Å². The molecule has 14 heteroatoms. The van der Waals surface area contributed by atoms with Gasteiger partial charge in [-0.1, -0.05) is 31.2 Å². The first-order valence-electron chi connectivity index (χ1n) is 13.7. The van der Waals surface area contributed by atoms with Crippen molar-refractivity contribution >= 4 is 19.5 Å². The molecule has 2 aromatic rings. The Balaban J connectivity index is 1.62. The summed E-state index contributed by atoms with van der Waals surface area (Å²) in [6, 6.07) is 8.94. The van der Waals surface area contributed by atoms with Gasteiger partial charge in [-0.2, -0.15) is 0 Å². The molecule has 0 saturated carbocycles. The fourth-order valence-corrected chi connectivity index (χ4v) is 4.49. The molecule has 0 saturated heterocycles. The van der Waals surface area contributed by atoms with E-state index in [1.165, 1.54) is 12.1 Å². The Kier molecular flexibility index (Phi) is 13.5. The highest BCUT2D eigenvalue weighted by molar-refractivity contribution is 7.50. The Labute approximate surface area is 245 Å². The van der Waals surface area contributed by atoms with Crippen LogP contribution in [0.25, 0.3) is 0 Å². The van der Waals surface area contributed by atoms with Crippen LogP contribution in [0, 0.1) is 0 Å². The van der Waals surface area contributed by atoms with Gasteiger partial charge in [-0.15, -0.1) is 4.73 Å². The van der Waals surface area contributed by atoms with Gasteiger partial charge in [0.15, 0.2) is 0 Å². The highest BCUT2D eigenvalue weighted by atomic mass is 31.2. The lowest BCUT2D eigenvalue weighted by Gasteiger charge is -2.31. The quantitative estimate of drug-likeness (QED) is 0.116. The van der Waals surface area contributed by atoms with Crippen LogP contribution in [0.3, 0.4) is 0 Å². The largest absolute Gasteiger partial charge is 0.492 e. The van der Waals surface area contributed by atoms with Gasteiger partial charge >= 0.3 is 13.6 Å². The summed E-state index contributed by atoms with van der Waals surface area (Å²) in [6.07, 6.45) is 1.66. The highest BCUT2D eigenvalue weighted by Gasteiger charge is 2.26. The Morgan fingerprint density at radius 3 is 2.12 bits per heavy atom. The van der Waals surface area contributed by atoms with Crippen molar-refractivity contribution in [2.75, 3.05) is 33.0 Å². The molecule has 1 amide bonds. The lowest BCUT2D eigenvalue weighted by molar-refractivity contribution is -0.151. The van der Waals surface area contributed by atoms with E-state index in [9.17, 15) is 24.4 Å². The van der Waals surface area contributed by atoms with Crippen molar-refractivity contribution in [3.63, 3.8) is 0 Å². The molecule has 1 atom stereocenters. The maximum atomic E-state index is 12.2. The molecule has 1 aromatic heterocycles. The normalized spacial score (nSPS) is 13.5. The molecule has 1 unspecified atom stereocenters. The van der Waals surface area contributed by atoms with Gasteiger partial charge in [0.1, 0.15) is 6.61 Å². The molecule has 0 aliphatic carbocycles. The Hall–Kier alpha value is -2.93. The molecule has 42 heavy (non-hydrogen) atoms. The van der Waals surface area contributed by atoms with E-state index in [-0.39, 0.29) is 31.7 Å². The Morgan fingerprint density at radius 2 is 1.52 bits per heavy atom. The van der Waals surface area contributed by atoms with Gasteiger partial charge in [-0.05, 0) is 51.2 Å². The SMILES string of the molecule is CCC(C)(CCOCC(=O)On1c(O)ccc1O)OCCC(C)(C)OCCNC(=O)Cc1ccc(CP(=O)(O)O)cc1. The van der Waals surface area contributed by atoms with Crippen LogP contribution < -0.4 is 10.2 Å². The van der Waals surface area contributed by atoms with Gasteiger partial charge in [0.25, 0.3) is 0 Å². The number of aromatic nitrogens is 1. The summed E-state index contributed by atoms with van der Waals surface area (Å²) < 4.78 is 29.2. The minimum absolute atomic E-state index is 0.147. The number of rotatable bonds is 19. The van der Waals surface area contributed by atoms with E-state index in [1.807, 2.05) is 27.7 Å². The van der Waals surface area contributed by atoms with Crippen LogP contribution in [-0.2, 0) is 40.9 Å². The summed E-state index contributed by atoms with van der Waals surface area (Å²) in [5, 5.41) is 21.8. The molecule has 0 aliphatic rings. The monoisotopic (exact) mass is 614 g/mol. The molecule has 236 valence electrons. The van der Waals surface area contributed by atoms with Crippen molar-refractivity contribution in [3.8, 4) is 11.8 Å². The lowest BCUT2D eigenvalue weighted by Crippen LogP contribution is -2.35. The Bertz CT molecular complexity index is 1170. The van der Waals surface area contributed by atoms with E-state index in [0.29, 0.717) is 49.3 Å². The molecule has 1 heterocycles. The second-order valence-corrected chi connectivity index (χ2v) is 12.4. The fourth-order valence-electron chi connectivity index (χ4n) is 3.80. The zero-order valence-electron chi connectivity index (χ0n) is 24.6. The summed E-state index contributed by atoms with van der Waals surface area (Å²) >= 11 is 0. The van der Waals surface area contributed by atoms with E-state index in [1.54, 1.807) is 24.3 Å². The van der Waals surface area contributed by atoms with Gasteiger partial charge in [-0.25, -0.2) is 4.79 Å². The number of hydrogen-bond donors (Lipinski definition) is 5.